The van der Waals surface area contributed by atoms with Crippen molar-refractivity contribution in [1.82, 2.24) is 10.6 Å². The molecule has 1 aliphatic heterocycles. The summed E-state index contributed by atoms with van der Waals surface area (Å²) >= 11 is 2.11. The highest BCUT2D eigenvalue weighted by atomic mass is 127. The molecule has 0 aromatic heterocycles. The van der Waals surface area contributed by atoms with Crippen LogP contribution in [0.15, 0.2) is 54.6 Å². The highest BCUT2D eigenvalue weighted by Gasteiger charge is 2.36. The van der Waals surface area contributed by atoms with Gasteiger partial charge in [-0.1, -0.05) is 30.3 Å². The maximum Gasteiger partial charge on any atom is 0.252 e. The number of hydrogen-bond donors (Lipinski definition) is 3. The SMILES string of the molecule is O=C(NC[C@@H]1CO[C@H](CNC(=O)c2ccccc2I)[C@H]1O)c1ccccc1. The monoisotopic (exact) mass is 480 g/mol. The van der Waals surface area contributed by atoms with Crippen molar-refractivity contribution in [3.05, 3.63) is 69.3 Å². The van der Waals surface area contributed by atoms with Gasteiger partial charge in [0.05, 0.1) is 18.3 Å². The standard InChI is InChI=1S/C20H21IN2O4/c21-16-9-5-4-8-15(16)20(26)23-11-17-18(24)14(12-27-17)10-22-19(25)13-6-2-1-3-7-13/h1-9,14,17-18,24H,10-12H2,(H,22,25)(H,23,26)/t14-,17-,18+/m1/s1. The van der Waals surface area contributed by atoms with Gasteiger partial charge in [-0.05, 0) is 46.9 Å². The Morgan fingerprint density at radius 1 is 1.00 bits per heavy atom. The van der Waals surface area contributed by atoms with Crippen LogP contribution in [0.25, 0.3) is 0 Å². The maximum absolute atomic E-state index is 12.3. The normalized spacial score (nSPS) is 21.6. The number of aliphatic hydroxyl groups excluding tert-OH is 1. The molecule has 2 aromatic carbocycles. The quantitative estimate of drug-likeness (QED) is 0.551. The van der Waals surface area contributed by atoms with E-state index in [0.717, 1.165) is 3.57 Å². The third-order valence-electron chi connectivity index (χ3n) is 4.53. The molecule has 2 aromatic rings. The van der Waals surface area contributed by atoms with E-state index < -0.39 is 12.2 Å². The summed E-state index contributed by atoms with van der Waals surface area (Å²) < 4.78 is 6.48. The number of hydrogen-bond acceptors (Lipinski definition) is 4. The van der Waals surface area contributed by atoms with Crippen LogP contribution < -0.4 is 10.6 Å². The van der Waals surface area contributed by atoms with Gasteiger partial charge in [-0.25, -0.2) is 0 Å². The second kappa shape index (κ2) is 9.29. The molecule has 1 fully saturated rings. The van der Waals surface area contributed by atoms with E-state index in [4.69, 9.17) is 4.74 Å². The second-order valence-corrected chi connectivity index (χ2v) is 7.55. The lowest BCUT2D eigenvalue weighted by molar-refractivity contribution is 0.0384. The first-order chi connectivity index (χ1) is 13.1. The van der Waals surface area contributed by atoms with Crippen LogP contribution in [0.3, 0.4) is 0 Å². The Balaban J connectivity index is 1.47. The average Bonchev–Trinajstić information content (AvgIpc) is 3.05. The van der Waals surface area contributed by atoms with E-state index in [1.807, 2.05) is 24.3 Å². The number of aliphatic hydroxyl groups is 1. The predicted molar refractivity (Wildman–Crippen MR) is 110 cm³/mol. The van der Waals surface area contributed by atoms with E-state index in [2.05, 4.69) is 33.2 Å². The van der Waals surface area contributed by atoms with Crippen molar-refractivity contribution in [3.8, 4) is 0 Å². The molecule has 1 saturated heterocycles. The minimum atomic E-state index is -0.754. The summed E-state index contributed by atoms with van der Waals surface area (Å²) in [6, 6.07) is 16.2. The molecule has 3 atom stereocenters. The predicted octanol–water partition coefficient (Wildman–Crippen LogP) is 1.83. The van der Waals surface area contributed by atoms with Crippen molar-refractivity contribution in [2.24, 2.45) is 5.92 Å². The van der Waals surface area contributed by atoms with Gasteiger partial charge in [-0.3, -0.25) is 9.59 Å². The molecule has 3 rings (SSSR count). The van der Waals surface area contributed by atoms with Gasteiger partial charge in [0.1, 0.15) is 6.10 Å². The summed E-state index contributed by atoms with van der Waals surface area (Å²) in [6.45, 7) is 0.865. The van der Waals surface area contributed by atoms with E-state index in [1.165, 1.54) is 0 Å². The molecule has 0 unspecified atom stereocenters. The van der Waals surface area contributed by atoms with Crippen molar-refractivity contribution < 1.29 is 19.4 Å². The Bertz CT molecular complexity index is 800. The van der Waals surface area contributed by atoms with Crippen molar-refractivity contribution in [1.29, 1.82) is 0 Å². The summed E-state index contributed by atoms with van der Waals surface area (Å²) in [7, 11) is 0. The van der Waals surface area contributed by atoms with Crippen LogP contribution in [0.1, 0.15) is 20.7 Å². The summed E-state index contributed by atoms with van der Waals surface area (Å²) in [6.07, 6.45) is -1.25. The Kier molecular flexibility index (Phi) is 6.81. The molecule has 1 heterocycles. The fourth-order valence-corrected chi connectivity index (χ4v) is 3.59. The van der Waals surface area contributed by atoms with Crippen LogP contribution in [0.5, 0.6) is 0 Å². The number of amides is 2. The van der Waals surface area contributed by atoms with Crippen molar-refractivity contribution in [3.63, 3.8) is 0 Å². The second-order valence-electron chi connectivity index (χ2n) is 6.39. The van der Waals surface area contributed by atoms with Gasteiger partial charge < -0.3 is 20.5 Å². The van der Waals surface area contributed by atoms with Crippen LogP contribution in [0.2, 0.25) is 0 Å². The van der Waals surface area contributed by atoms with Gasteiger partial charge >= 0.3 is 0 Å². The molecule has 2 amide bonds. The zero-order valence-electron chi connectivity index (χ0n) is 14.6. The number of benzene rings is 2. The third-order valence-corrected chi connectivity index (χ3v) is 5.47. The molecule has 0 saturated carbocycles. The molecule has 7 heteroatoms. The van der Waals surface area contributed by atoms with E-state index in [-0.39, 0.29) is 24.3 Å². The Morgan fingerprint density at radius 3 is 2.41 bits per heavy atom. The third kappa shape index (κ3) is 5.06. The van der Waals surface area contributed by atoms with Crippen molar-refractivity contribution >= 4 is 34.4 Å². The summed E-state index contributed by atoms with van der Waals surface area (Å²) in [5, 5.41) is 16.1. The Hall–Kier alpha value is -1.97. The van der Waals surface area contributed by atoms with Crippen LogP contribution in [0, 0.1) is 9.49 Å². The largest absolute Gasteiger partial charge is 0.390 e. The molecular formula is C20H21IN2O4. The molecule has 0 radical (unpaired) electrons. The molecule has 142 valence electrons. The van der Waals surface area contributed by atoms with Crippen LogP contribution >= 0.6 is 22.6 Å². The number of carbonyl (C=O) groups excluding carboxylic acids is 2. The maximum atomic E-state index is 12.3. The fraction of sp³-hybridized carbons (Fsp3) is 0.300. The number of carbonyl (C=O) groups is 2. The van der Waals surface area contributed by atoms with Crippen LogP contribution in [-0.2, 0) is 4.74 Å². The summed E-state index contributed by atoms with van der Waals surface area (Å²) in [5.74, 6) is -0.591. The minimum absolute atomic E-state index is 0.182. The highest BCUT2D eigenvalue weighted by Crippen LogP contribution is 2.20. The minimum Gasteiger partial charge on any atom is -0.390 e. The summed E-state index contributed by atoms with van der Waals surface area (Å²) in [5.41, 5.74) is 1.17. The first-order valence-corrected chi connectivity index (χ1v) is 9.80. The van der Waals surface area contributed by atoms with E-state index in [0.29, 0.717) is 24.3 Å². The molecule has 0 bridgehead atoms. The van der Waals surface area contributed by atoms with Crippen molar-refractivity contribution in [2.75, 3.05) is 19.7 Å². The topological polar surface area (TPSA) is 87.7 Å². The lowest BCUT2D eigenvalue weighted by Gasteiger charge is -2.18. The Morgan fingerprint density at radius 2 is 1.67 bits per heavy atom. The van der Waals surface area contributed by atoms with Crippen LogP contribution in [-0.4, -0.2) is 48.8 Å². The number of halogens is 1. The summed E-state index contributed by atoms with van der Waals surface area (Å²) in [4.78, 5) is 24.4. The zero-order valence-corrected chi connectivity index (χ0v) is 16.8. The zero-order chi connectivity index (χ0) is 19.2. The molecular weight excluding hydrogens is 459 g/mol. The Labute approximate surface area is 171 Å². The van der Waals surface area contributed by atoms with Crippen LogP contribution in [0.4, 0.5) is 0 Å². The molecule has 27 heavy (non-hydrogen) atoms. The fourth-order valence-electron chi connectivity index (χ4n) is 2.96. The molecule has 6 nitrogen and oxygen atoms in total. The first-order valence-electron chi connectivity index (χ1n) is 8.72. The number of rotatable bonds is 6. The van der Waals surface area contributed by atoms with E-state index in [1.54, 1.807) is 30.3 Å². The lowest BCUT2D eigenvalue weighted by atomic mass is 10.0. The average molecular weight is 480 g/mol. The van der Waals surface area contributed by atoms with Crippen molar-refractivity contribution in [2.45, 2.75) is 12.2 Å². The lowest BCUT2D eigenvalue weighted by Crippen LogP contribution is -2.41. The number of ether oxygens (including phenoxy) is 1. The molecule has 3 N–H and O–H groups in total. The number of nitrogens with one attached hydrogen (secondary N) is 2. The molecule has 0 aliphatic carbocycles. The van der Waals surface area contributed by atoms with Gasteiger partial charge in [0.15, 0.2) is 0 Å². The van der Waals surface area contributed by atoms with Gasteiger partial charge in [-0.15, -0.1) is 0 Å². The van der Waals surface area contributed by atoms with Gasteiger partial charge in [0.2, 0.25) is 0 Å². The first kappa shape index (κ1) is 19.8. The van der Waals surface area contributed by atoms with Gasteiger partial charge in [-0.2, -0.15) is 0 Å². The van der Waals surface area contributed by atoms with E-state index >= 15 is 0 Å². The smallest absolute Gasteiger partial charge is 0.252 e. The molecule has 0 spiro atoms. The molecule has 1 aliphatic rings. The van der Waals surface area contributed by atoms with Gasteiger partial charge in [0.25, 0.3) is 11.8 Å². The van der Waals surface area contributed by atoms with Gasteiger partial charge in [0, 0.05) is 28.1 Å². The highest BCUT2D eigenvalue weighted by molar-refractivity contribution is 14.1. The van der Waals surface area contributed by atoms with E-state index in [9.17, 15) is 14.7 Å².